The molecule has 0 saturated carbocycles. The number of rotatable bonds is 9. The van der Waals surface area contributed by atoms with Gasteiger partial charge in [-0.2, -0.15) is 0 Å². The van der Waals surface area contributed by atoms with Crippen LogP contribution in [0.15, 0.2) is 0 Å². The molecule has 0 aliphatic carbocycles. The number of aliphatic hydroxyl groups is 1. The van der Waals surface area contributed by atoms with Crippen molar-refractivity contribution < 1.29 is 9.90 Å². The first-order valence-electron chi connectivity index (χ1n) is 6.54. The highest BCUT2D eigenvalue weighted by Crippen LogP contribution is 2.12. The second-order valence-electron chi connectivity index (χ2n) is 4.61. The standard InChI is InChI=1S/C13H27NO2/c1-4-6-7-12(5-2)13(16)14-10-11(3)8-9-15/h11-12,15H,4-10H2,1-3H3,(H,14,16). The van der Waals surface area contributed by atoms with Crippen LogP contribution in [0.2, 0.25) is 0 Å². The van der Waals surface area contributed by atoms with E-state index in [0.717, 1.165) is 32.1 Å². The van der Waals surface area contributed by atoms with Gasteiger partial charge in [-0.25, -0.2) is 0 Å². The highest BCUT2D eigenvalue weighted by Gasteiger charge is 2.15. The Morgan fingerprint density at radius 2 is 2.00 bits per heavy atom. The Morgan fingerprint density at radius 1 is 1.31 bits per heavy atom. The van der Waals surface area contributed by atoms with Crippen molar-refractivity contribution >= 4 is 5.91 Å². The molecule has 3 nitrogen and oxygen atoms in total. The van der Waals surface area contributed by atoms with Crippen LogP contribution in [0.5, 0.6) is 0 Å². The maximum atomic E-state index is 11.8. The fourth-order valence-electron chi connectivity index (χ4n) is 1.71. The van der Waals surface area contributed by atoms with Crippen molar-refractivity contribution in [3.8, 4) is 0 Å². The highest BCUT2D eigenvalue weighted by atomic mass is 16.3. The molecule has 0 aliphatic rings. The molecule has 1 amide bonds. The van der Waals surface area contributed by atoms with E-state index in [1.165, 1.54) is 0 Å². The van der Waals surface area contributed by atoms with Crippen LogP contribution in [0.3, 0.4) is 0 Å². The van der Waals surface area contributed by atoms with Gasteiger partial charge in [0.2, 0.25) is 5.91 Å². The van der Waals surface area contributed by atoms with Crippen molar-refractivity contribution in [1.82, 2.24) is 5.32 Å². The minimum Gasteiger partial charge on any atom is -0.396 e. The van der Waals surface area contributed by atoms with E-state index in [9.17, 15) is 4.79 Å². The van der Waals surface area contributed by atoms with Gasteiger partial charge in [-0.3, -0.25) is 4.79 Å². The molecule has 0 bridgehead atoms. The van der Waals surface area contributed by atoms with Crippen molar-refractivity contribution in [2.75, 3.05) is 13.2 Å². The third-order valence-corrected chi connectivity index (χ3v) is 3.02. The van der Waals surface area contributed by atoms with Crippen LogP contribution < -0.4 is 5.32 Å². The highest BCUT2D eigenvalue weighted by molar-refractivity contribution is 5.78. The summed E-state index contributed by atoms with van der Waals surface area (Å²) in [6, 6.07) is 0. The predicted octanol–water partition coefficient (Wildman–Crippen LogP) is 2.34. The first kappa shape index (κ1) is 15.4. The van der Waals surface area contributed by atoms with Crippen LogP contribution in [0, 0.1) is 11.8 Å². The molecule has 96 valence electrons. The van der Waals surface area contributed by atoms with Crippen LogP contribution in [-0.4, -0.2) is 24.2 Å². The SMILES string of the molecule is CCCCC(CC)C(=O)NCC(C)CCO. The fourth-order valence-corrected chi connectivity index (χ4v) is 1.71. The van der Waals surface area contributed by atoms with Crippen LogP contribution >= 0.6 is 0 Å². The van der Waals surface area contributed by atoms with Crippen molar-refractivity contribution in [3.05, 3.63) is 0 Å². The second-order valence-corrected chi connectivity index (χ2v) is 4.61. The number of hydrogen-bond acceptors (Lipinski definition) is 2. The molecule has 16 heavy (non-hydrogen) atoms. The third-order valence-electron chi connectivity index (χ3n) is 3.02. The number of carbonyl (C=O) groups is 1. The first-order valence-corrected chi connectivity index (χ1v) is 6.54. The summed E-state index contributed by atoms with van der Waals surface area (Å²) in [6.07, 6.45) is 4.93. The number of aliphatic hydroxyl groups excluding tert-OH is 1. The zero-order valence-corrected chi connectivity index (χ0v) is 11.0. The lowest BCUT2D eigenvalue weighted by molar-refractivity contribution is -0.125. The lowest BCUT2D eigenvalue weighted by Gasteiger charge is -2.16. The van der Waals surface area contributed by atoms with Crippen molar-refractivity contribution in [2.24, 2.45) is 11.8 Å². The van der Waals surface area contributed by atoms with Gasteiger partial charge in [0, 0.05) is 19.1 Å². The van der Waals surface area contributed by atoms with E-state index in [2.05, 4.69) is 19.2 Å². The molecule has 2 N–H and O–H groups in total. The summed E-state index contributed by atoms with van der Waals surface area (Å²) in [5.74, 6) is 0.708. The Balaban J connectivity index is 3.82. The Morgan fingerprint density at radius 3 is 2.50 bits per heavy atom. The van der Waals surface area contributed by atoms with Gasteiger partial charge in [-0.05, 0) is 25.2 Å². The van der Waals surface area contributed by atoms with E-state index in [4.69, 9.17) is 5.11 Å². The zero-order valence-electron chi connectivity index (χ0n) is 11.0. The molecule has 0 aromatic rings. The smallest absolute Gasteiger partial charge is 0.223 e. The van der Waals surface area contributed by atoms with Gasteiger partial charge in [0.1, 0.15) is 0 Å². The van der Waals surface area contributed by atoms with E-state index in [1.54, 1.807) is 0 Å². The molecular weight excluding hydrogens is 202 g/mol. The van der Waals surface area contributed by atoms with Crippen molar-refractivity contribution in [1.29, 1.82) is 0 Å². The van der Waals surface area contributed by atoms with Gasteiger partial charge < -0.3 is 10.4 Å². The number of hydrogen-bond donors (Lipinski definition) is 2. The lowest BCUT2D eigenvalue weighted by atomic mass is 9.98. The maximum absolute atomic E-state index is 11.8. The predicted molar refractivity (Wildman–Crippen MR) is 67.2 cm³/mol. The summed E-state index contributed by atoms with van der Waals surface area (Å²) < 4.78 is 0. The summed E-state index contributed by atoms with van der Waals surface area (Å²) >= 11 is 0. The molecule has 0 aliphatic heterocycles. The van der Waals surface area contributed by atoms with Gasteiger partial charge in [0.15, 0.2) is 0 Å². The van der Waals surface area contributed by atoms with E-state index in [1.807, 2.05) is 6.92 Å². The van der Waals surface area contributed by atoms with Crippen LogP contribution in [-0.2, 0) is 4.79 Å². The second kappa shape index (κ2) is 9.64. The largest absolute Gasteiger partial charge is 0.396 e. The molecule has 0 aromatic heterocycles. The molecule has 2 atom stereocenters. The average Bonchev–Trinajstić information content (AvgIpc) is 2.28. The van der Waals surface area contributed by atoms with E-state index in [-0.39, 0.29) is 18.4 Å². The lowest BCUT2D eigenvalue weighted by Crippen LogP contribution is -2.33. The number of carbonyl (C=O) groups excluding carboxylic acids is 1. The first-order chi connectivity index (χ1) is 7.65. The zero-order chi connectivity index (χ0) is 12.4. The maximum Gasteiger partial charge on any atom is 0.223 e. The molecule has 0 rings (SSSR count). The molecule has 0 saturated heterocycles. The van der Waals surface area contributed by atoms with E-state index >= 15 is 0 Å². The monoisotopic (exact) mass is 229 g/mol. The summed E-state index contributed by atoms with van der Waals surface area (Å²) in [5.41, 5.74) is 0. The van der Waals surface area contributed by atoms with E-state index in [0.29, 0.717) is 12.5 Å². The summed E-state index contributed by atoms with van der Waals surface area (Å²) in [4.78, 5) is 11.8. The molecule has 0 radical (unpaired) electrons. The molecule has 0 fully saturated rings. The molecule has 2 unspecified atom stereocenters. The minimum atomic E-state index is 0.168. The summed E-state index contributed by atoms with van der Waals surface area (Å²) in [7, 11) is 0. The summed E-state index contributed by atoms with van der Waals surface area (Å²) in [6.45, 7) is 7.14. The van der Waals surface area contributed by atoms with Crippen LogP contribution in [0.4, 0.5) is 0 Å². The molecule has 0 spiro atoms. The molecule has 3 heteroatoms. The van der Waals surface area contributed by atoms with Gasteiger partial charge >= 0.3 is 0 Å². The van der Waals surface area contributed by atoms with Crippen molar-refractivity contribution in [3.63, 3.8) is 0 Å². The minimum absolute atomic E-state index is 0.168. The Bertz CT molecular complexity index is 183. The molecule has 0 heterocycles. The Hall–Kier alpha value is -0.570. The van der Waals surface area contributed by atoms with Crippen LogP contribution in [0.25, 0.3) is 0 Å². The van der Waals surface area contributed by atoms with Gasteiger partial charge in [-0.15, -0.1) is 0 Å². The number of nitrogens with one attached hydrogen (secondary N) is 1. The van der Waals surface area contributed by atoms with E-state index < -0.39 is 0 Å². The number of amides is 1. The fraction of sp³-hybridized carbons (Fsp3) is 0.923. The quantitative estimate of drug-likeness (QED) is 0.637. The van der Waals surface area contributed by atoms with Crippen LogP contribution in [0.1, 0.15) is 52.9 Å². The topological polar surface area (TPSA) is 49.3 Å². The van der Waals surface area contributed by atoms with Gasteiger partial charge in [0.05, 0.1) is 0 Å². The van der Waals surface area contributed by atoms with Gasteiger partial charge in [-0.1, -0.05) is 33.6 Å². The molecular formula is C13H27NO2. The third kappa shape index (κ3) is 6.83. The van der Waals surface area contributed by atoms with Gasteiger partial charge in [0.25, 0.3) is 0 Å². The number of unbranched alkanes of at least 4 members (excludes halogenated alkanes) is 1. The van der Waals surface area contributed by atoms with Crippen molar-refractivity contribution in [2.45, 2.75) is 52.9 Å². The Labute approximate surface area is 99.6 Å². The Kier molecular flexibility index (Phi) is 9.30. The normalized spacial score (nSPS) is 14.5. The molecule has 0 aromatic carbocycles. The average molecular weight is 229 g/mol. The summed E-state index contributed by atoms with van der Waals surface area (Å²) in [5, 5.41) is 11.7.